The molecule has 1 aromatic carbocycles. The van der Waals surface area contributed by atoms with Crippen LogP contribution in [0.15, 0.2) is 24.3 Å². The number of hydrogen-bond acceptors (Lipinski definition) is 3. The summed E-state index contributed by atoms with van der Waals surface area (Å²) < 4.78 is 40.5. The second-order valence-electron chi connectivity index (χ2n) is 4.86. The lowest BCUT2D eigenvalue weighted by molar-refractivity contribution is -0.186. The number of ether oxygens (including phenoxy) is 1. The first-order valence-corrected chi connectivity index (χ1v) is 6.90. The van der Waals surface area contributed by atoms with Gasteiger partial charge in [0.2, 0.25) is 5.91 Å². The molecule has 3 atom stereocenters. The molecular weight excluding hydrogens is 323 g/mol. The van der Waals surface area contributed by atoms with Crippen LogP contribution < -0.4 is 5.32 Å². The largest absolute Gasteiger partial charge is 0.411 e. The molecule has 0 fully saturated rings. The van der Waals surface area contributed by atoms with Gasteiger partial charge in [0.05, 0.1) is 12.1 Å². The van der Waals surface area contributed by atoms with E-state index in [4.69, 9.17) is 11.6 Å². The van der Waals surface area contributed by atoms with E-state index < -0.39 is 36.9 Å². The van der Waals surface area contributed by atoms with Crippen molar-refractivity contribution in [2.75, 3.05) is 6.61 Å². The average Bonchev–Trinajstić information content (AvgIpc) is 2.43. The second kappa shape index (κ2) is 7.80. The maximum absolute atomic E-state index is 12.0. The molecule has 0 aliphatic carbocycles. The van der Waals surface area contributed by atoms with Crippen molar-refractivity contribution in [3.05, 3.63) is 34.9 Å². The zero-order chi connectivity index (χ0) is 16.9. The van der Waals surface area contributed by atoms with Gasteiger partial charge in [-0.25, -0.2) is 0 Å². The summed E-state index contributed by atoms with van der Waals surface area (Å²) in [6, 6.07) is 5.66. The van der Waals surface area contributed by atoms with E-state index in [0.29, 0.717) is 10.6 Å². The topological polar surface area (TPSA) is 58.6 Å². The molecule has 1 rings (SSSR count). The molecule has 0 saturated heterocycles. The highest BCUT2D eigenvalue weighted by Crippen LogP contribution is 2.20. The summed E-state index contributed by atoms with van der Waals surface area (Å²) in [7, 11) is 0. The summed E-state index contributed by atoms with van der Waals surface area (Å²) in [6.45, 7) is 1.24. The number of halogens is 4. The maximum Gasteiger partial charge on any atom is 0.411 e. The van der Waals surface area contributed by atoms with Crippen LogP contribution in [0.3, 0.4) is 0 Å². The molecule has 124 valence electrons. The Morgan fingerprint density at radius 3 is 2.36 bits per heavy atom. The van der Waals surface area contributed by atoms with E-state index in [1.54, 1.807) is 24.3 Å². The molecule has 1 aromatic rings. The van der Waals surface area contributed by atoms with Gasteiger partial charge in [0, 0.05) is 5.02 Å². The van der Waals surface area contributed by atoms with Crippen LogP contribution in [0.4, 0.5) is 13.2 Å². The highest BCUT2D eigenvalue weighted by atomic mass is 35.5. The molecule has 1 amide bonds. The number of carbonyl (C=O) groups excluding carboxylic acids is 1. The van der Waals surface area contributed by atoms with Crippen molar-refractivity contribution in [1.82, 2.24) is 5.32 Å². The Kier molecular flexibility index (Phi) is 6.65. The fourth-order valence-corrected chi connectivity index (χ4v) is 1.79. The first-order valence-electron chi connectivity index (χ1n) is 6.52. The van der Waals surface area contributed by atoms with E-state index in [1.807, 2.05) is 0 Å². The van der Waals surface area contributed by atoms with Gasteiger partial charge in [0.15, 0.2) is 0 Å². The number of carbonyl (C=O) groups is 1. The molecule has 2 N–H and O–H groups in total. The van der Waals surface area contributed by atoms with Gasteiger partial charge < -0.3 is 15.2 Å². The molecule has 8 heteroatoms. The van der Waals surface area contributed by atoms with Crippen molar-refractivity contribution in [2.45, 2.75) is 38.3 Å². The summed E-state index contributed by atoms with van der Waals surface area (Å²) >= 11 is 5.73. The van der Waals surface area contributed by atoms with Gasteiger partial charge in [-0.1, -0.05) is 23.7 Å². The summed E-state index contributed by atoms with van der Waals surface area (Å²) in [5.41, 5.74) is 0.529. The molecule has 0 spiro atoms. The van der Waals surface area contributed by atoms with Crippen molar-refractivity contribution in [3.63, 3.8) is 0 Å². The fraction of sp³-hybridized carbons (Fsp3) is 0.500. The van der Waals surface area contributed by atoms with E-state index in [9.17, 15) is 23.1 Å². The lowest BCUT2D eigenvalue weighted by Crippen LogP contribution is -2.43. The monoisotopic (exact) mass is 339 g/mol. The van der Waals surface area contributed by atoms with E-state index in [1.165, 1.54) is 13.8 Å². The molecule has 0 aliphatic rings. The summed E-state index contributed by atoms with van der Waals surface area (Å²) in [5.74, 6) is -0.732. The zero-order valence-corrected chi connectivity index (χ0v) is 12.8. The van der Waals surface area contributed by atoms with Crippen LogP contribution in [0.1, 0.15) is 25.5 Å². The minimum Gasteiger partial charge on any atom is -0.386 e. The number of alkyl halides is 3. The maximum atomic E-state index is 12.0. The van der Waals surface area contributed by atoms with E-state index in [2.05, 4.69) is 10.1 Å². The lowest BCUT2D eigenvalue weighted by atomic mass is 10.0. The minimum absolute atomic E-state index is 0.502. The molecule has 4 nitrogen and oxygen atoms in total. The Labute approximate surface area is 131 Å². The number of aliphatic hydroxyl groups is 1. The smallest absolute Gasteiger partial charge is 0.386 e. The van der Waals surface area contributed by atoms with Crippen LogP contribution in [0.2, 0.25) is 5.02 Å². The zero-order valence-electron chi connectivity index (χ0n) is 12.0. The molecule has 22 heavy (non-hydrogen) atoms. The highest BCUT2D eigenvalue weighted by molar-refractivity contribution is 6.30. The highest BCUT2D eigenvalue weighted by Gasteiger charge is 2.30. The number of hydrogen-bond donors (Lipinski definition) is 2. The van der Waals surface area contributed by atoms with Gasteiger partial charge >= 0.3 is 6.18 Å². The van der Waals surface area contributed by atoms with Gasteiger partial charge in [0.1, 0.15) is 12.7 Å². The summed E-state index contributed by atoms with van der Waals surface area (Å²) in [5, 5.41) is 13.0. The number of nitrogens with one attached hydrogen (secondary N) is 1. The van der Waals surface area contributed by atoms with Crippen LogP contribution in [0.25, 0.3) is 0 Å². The molecule has 0 heterocycles. The molecule has 0 radical (unpaired) electrons. The van der Waals surface area contributed by atoms with E-state index >= 15 is 0 Å². The van der Waals surface area contributed by atoms with Gasteiger partial charge in [-0.05, 0) is 31.5 Å². The van der Waals surface area contributed by atoms with Crippen LogP contribution in [0.5, 0.6) is 0 Å². The summed E-state index contributed by atoms with van der Waals surface area (Å²) in [4.78, 5) is 11.7. The van der Waals surface area contributed by atoms with Gasteiger partial charge in [-0.3, -0.25) is 4.79 Å². The number of amides is 1. The van der Waals surface area contributed by atoms with Crippen LogP contribution in [-0.4, -0.2) is 35.9 Å². The summed E-state index contributed by atoms with van der Waals surface area (Å²) in [6.07, 6.45) is -6.79. The quantitative estimate of drug-likeness (QED) is 0.838. The SMILES string of the molecule is CC(OCC(F)(F)F)C(=O)NC(C)C(O)c1ccc(Cl)cc1. The Morgan fingerprint density at radius 1 is 1.32 bits per heavy atom. The van der Waals surface area contributed by atoms with Gasteiger partial charge in [-0.15, -0.1) is 0 Å². The third-order valence-electron chi connectivity index (χ3n) is 2.92. The molecule has 0 aliphatic heterocycles. The number of rotatable bonds is 6. The molecule has 0 aromatic heterocycles. The van der Waals surface area contributed by atoms with Crippen molar-refractivity contribution in [2.24, 2.45) is 0 Å². The predicted octanol–water partition coefficient (Wildman–Crippen LogP) is 2.85. The van der Waals surface area contributed by atoms with E-state index in [-0.39, 0.29) is 0 Å². The molecule has 0 bridgehead atoms. The van der Waals surface area contributed by atoms with Crippen molar-refractivity contribution < 1.29 is 27.8 Å². The second-order valence-corrected chi connectivity index (χ2v) is 5.30. The van der Waals surface area contributed by atoms with Crippen molar-refractivity contribution in [3.8, 4) is 0 Å². The average molecular weight is 340 g/mol. The first kappa shape index (κ1) is 18.7. The molecule has 3 unspecified atom stereocenters. The Hall–Kier alpha value is -1.31. The third-order valence-corrected chi connectivity index (χ3v) is 3.17. The van der Waals surface area contributed by atoms with Gasteiger partial charge in [0.25, 0.3) is 0 Å². The third kappa shape index (κ3) is 6.21. The fourth-order valence-electron chi connectivity index (χ4n) is 1.66. The van der Waals surface area contributed by atoms with Crippen LogP contribution >= 0.6 is 11.6 Å². The van der Waals surface area contributed by atoms with Crippen molar-refractivity contribution >= 4 is 17.5 Å². The van der Waals surface area contributed by atoms with Crippen molar-refractivity contribution in [1.29, 1.82) is 0 Å². The lowest BCUT2D eigenvalue weighted by Gasteiger charge is -2.23. The van der Waals surface area contributed by atoms with Gasteiger partial charge in [-0.2, -0.15) is 13.2 Å². The van der Waals surface area contributed by atoms with Crippen LogP contribution in [0, 0.1) is 0 Å². The number of benzene rings is 1. The first-order chi connectivity index (χ1) is 10.1. The minimum atomic E-state index is -4.50. The Morgan fingerprint density at radius 2 is 1.86 bits per heavy atom. The standard InChI is InChI=1S/C14H17ClF3NO3/c1-8(12(20)10-3-5-11(15)6-4-10)19-13(21)9(2)22-7-14(16,17)18/h3-6,8-9,12,20H,7H2,1-2H3,(H,19,21). The number of aliphatic hydroxyl groups excluding tert-OH is 1. The Balaban J connectivity index is 2.54. The van der Waals surface area contributed by atoms with Crippen LogP contribution in [-0.2, 0) is 9.53 Å². The Bertz CT molecular complexity index is 493. The van der Waals surface area contributed by atoms with E-state index in [0.717, 1.165) is 0 Å². The molecular formula is C14H17ClF3NO3. The predicted molar refractivity (Wildman–Crippen MR) is 75.5 cm³/mol. The normalized spacial score (nSPS) is 16.0. The molecule has 0 saturated carbocycles.